The normalized spacial score (nSPS) is 11.1. The fourth-order valence-corrected chi connectivity index (χ4v) is 3.25. The van der Waals surface area contributed by atoms with Crippen molar-refractivity contribution >= 4 is 29.6 Å². The molecule has 0 saturated heterocycles. The minimum absolute atomic E-state index is 0.653. The average Bonchev–Trinajstić information content (AvgIpc) is 3.08. The molecule has 0 bridgehead atoms. The molecule has 0 atom stereocenters. The number of benzene rings is 2. The smallest absolute Gasteiger partial charge is 0.212 e. The molecule has 1 heterocycles. The summed E-state index contributed by atoms with van der Waals surface area (Å²) in [6.07, 6.45) is 3.35. The molecule has 5 nitrogen and oxygen atoms in total. The highest BCUT2D eigenvalue weighted by atomic mass is 35.5. The monoisotopic (exact) mass is 372 g/mol. The van der Waals surface area contributed by atoms with E-state index < -0.39 is 0 Å². The van der Waals surface area contributed by atoms with Gasteiger partial charge in [0, 0.05) is 10.8 Å². The summed E-state index contributed by atoms with van der Waals surface area (Å²) in [6, 6.07) is 15.5. The van der Waals surface area contributed by atoms with Crippen molar-refractivity contribution < 1.29 is 4.74 Å². The summed E-state index contributed by atoms with van der Waals surface area (Å²) in [4.78, 5) is 0. The van der Waals surface area contributed by atoms with Crippen LogP contribution >= 0.6 is 23.4 Å². The van der Waals surface area contributed by atoms with E-state index in [1.165, 1.54) is 11.8 Å². The summed E-state index contributed by atoms with van der Waals surface area (Å²) in [5.74, 6) is 1.55. The minimum Gasteiger partial charge on any atom is -0.494 e. The van der Waals surface area contributed by atoms with Crippen molar-refractivity contribution in [2.75, 3.05) is 6.61 Å². The van der Waals surface area contributed by atoms with Crippen LogP contribution in [0.3, 0.4) is 0 Å². The van der Waals surface area contributed by atoms with Crippen LogP contribution in [0, 0.1) is 0 Å². The highest BCUT2D eigenvalue weighted by Crippen LogP contribution is 2.25. The third-order valence-electron chi connectivity index (χ3n) is 3.34. The number of hydrogen-bond donors (Lipinski definition) is 0. The Bertz CT molecular complexity index is 848. The fourth-order valence-electron chi connectivity index (χ4n) is 2.10. The Balaban J connectivity index is 1.66. The molecular weight excluding hydrogens is 356 g/mol. The molecule has 0 fully saturated rings. The Hall–Kier alpha value is -2.31. The molecule has 3 rings (SSSR count). The van der Waals surface area contributed by atoms with Crippen molar-refractivity contribution in [1.82, 2.24) is 14.9 Å². The van der Waals surface area contributed by atoms with Gasteiger partial charge < -0.3 is 4.74 Å². The van der Waals surface area contributed by atoms with Gasteiger partial charge in [-0.1, -0.05) is 41.6 Å². The lowest BCUT2D eigenvalue weighted by atomic mass is 10.2. The first kappa shape index (κ1) is 17.5. The number of hydrogen-bond acceptors (Lipinski definition) is 5. The summed E-state index contributed by atoms with van der Waals surface area (Å²) in [5.41, 5.74) is 2.03. The molecule has 0 aliphatic carbocycles. The van der Waals surface area contributed by atoms with Crippen LogP contribution in [0.15, 0.2) is 65.1 Å². The maximum Gasteiger partial charge on any atom is 0.212 e. The Morgan fingerprint density at radius 2 is 2.00 bits per heavy atom. The predicted octanol–water partition coefficient (Wildman–Crippen LogP) is 4.50. The number of ether oxygens (including phenoxy) is 1. The largest absolute Gasteiger partial charge is 0.494 e. The maximum absolute atomic E-state index is 6.18. The molecule has 0 amide bonds. The third-order valence-corrected chi connectivity index (χ3v) is 4.69. The topological polar surface area (TPSA) is 52.3 Å². The lowest BCUT2D eigenvalue weighted by Crippen LogP contribution is -1.94. The van der Waals surface area contributed by atoms with Gasteiger partial charge in [-0.05, 0) is 48.4 Å². The Morgan fingerprint density at radius 3 is 2.76 bits per heavy atom. The second kappa shape index (κ2) is 8.69. The molecule has 2 aromatic carbocycles. The van der Waals surface area contributed by atoms with E-state index in [0.717, 1.165) is 21.9 Å². The summed E-state index contributed by atoms with van der Waals surface area (Å²) in [6.45, 7) is 2.61. The Kier molecular flexibility index (Phi) is 6.09. The van der Waals surface area contributed by atoms with Gasteiger partial charge in [-0.3, -0.25) is 0 Å². The van der Waals surface area contributed by atoms with E-state index in [9.17, 15) is 0 Å². The molecule has 0 saturated carbocycles. The molecule has 128 valence electrons. The lowest BCUT2D eigenvalue weighted by molar-refractivity contribution is 0.340. The summed E-state index contributed by atoms with van der Waals surface area (Å²) in [7, 11) is 0. The first-order chi connectivity index (χ1) is 12.3. The summed E-state index contributed by atoms with van der Waals surface area (Å²) in [5, 5.41) is 13.9. The van der Waals surface area contributed by atoms with Crippen molar-refractivity contribution in [3.63, 3.8) is 0 Å². The van der Waals surface area contributed by atoms with E-state index in [2.05, 4.69) is 15.3 Å². The third kappa shape index (κ3) is 4.84. The van der Waals surface area contributed by atoms with Gasteiger partial charge in [0.05, 0.1) is 12.8 Å². The predicted molar refractivity (Wildman–Crippen MR) is 102 cm³/mol. The fraction of sp³-hybridized carbons (Fsp3) is 0.167. The zero-order valence-corrected chi connectivity index (χ0v) is 15.2. The number of aromatic nitrogens is 3. The van der Waals surface area contributed by atoms with E-state index in [4.69, 9.17) is 16.3 Å². The van der Waals surface area contributed by atoms with Gasteiger partial charge in [0.1, 0.15) is 12.1 Å². The Morgan fingerprint density at radius 1 is 1.20 bits per heavy atom. The second-order valence-electron chi connectivity index (χ2n) is 5.08. The second-order valence-corrected chi connectivity index (χ2v) is 6.43. The zero-order valence-electron chi connectivity index (χ0n) is 13.7. The van der Waals surface area contributed by atoms with Crippen molar-refractivity contribution in [1.29, 1.82) is 0 Å². The SMILES string of the molecule is CCOc1ccc(/C=N/n2cnnc2SCc2ccccc2Cl)cc1. The van der Waals surface area contributed by atoms with E-state index >= 15 is 0 Å². The van der Waals surface area contributed by atoms with Crippen molar-refractivity contribution in [2.24, 2.45) is 5.10 Å². The van der Waals surface area contributed by atoms with Gasteiger partial charge >= 0.3 is 0 Å². The number of halogens is 1. The van der Waals surface area contributed by atoms with Gasteiger partial charge in [-0.25, -0.2) is 0 Å². The van der Waals surface area contributed by atoms with Gasteiger partial charge in [-0.2, -0.15) is 9.78 Å². The van der Waals surface area contributed by atoms with Gasteiger partial charge in [0.2, 0.25) is 5.16 Å². The molecule has 0 radical (unpaired) electrons. The molecule has 25 heavy (non-hydrogen) atoms. The van der Waals surface area contributed by atoms with Crippen LogP contribution in [-0.4, -0.2) is 27.7 Å². The number of thioether (sulfide) groups is 1. The highest BCUT2D eigenvalue weighted by Gasteiger charge is 2.06. The molecule has 0 N–H and O–H groups in total. The summed E-state index contributed by atoms with van der Waals surface area (Å²) >= 11 is 7.72. The van der Waals surface area contributed by atoms with Gasteiger partial charge in [0.15, 0.2) is 0 Å². The molecule has 0 unspecified atom stereocenters. The van der Waals surface area contributed by atoms with Crippen molar-refractivity contribution in [3.05, 3.63) is 71.0 Å². The molecule has 1 aromatic heterocycles. The molecular formula is C18H17ClN4OS. The molecule has 0 spiro atoms. The minimum atomic E-state index is 0.653. The lowest BCUT2D eigenvalue weighted by Gasteiger charge is -2.04. The first-order valence-corrected chi connectivity index (χ1v) is 9.16. The van der Waals surface area contributed by atoms with Crippen LogP contribution in [0.1, 0.15) is 18.1 Å². The van der Waals surface area contributed by atoms with Crippen molar-refractivity contribution in [3.8, 4) is 5.75 Å². The van der Waals surface area contributed by atoms with Crippen LogP contribution in [0.25, 0.3) is 0 Å². The number of nitrogens with zero attached hydrogens (tertiary/aromatic N) is 4. The van der Waals surface area contributed by atoms with Crippen LogP contribution in [0.5, 0.6) is 5.75 Å². The molecule has 7 heteroatoms. The first-order valence-electron chi connectivity index (χ1n) is 7.79. The van der Waals surface area contributed by atoms with Crippen LogP contribution in [0.4, 0.5) is 0 Å². The maximum atomic E-state index is 6.18. The van der Waals surface area contributed by atoms with Gasteiger partial charge in [0.25, 0.3) is 0 Å². The zero-order chi connectivity index (χ0) is 17.5. The van der Waals surface area contributed by atoms with Crippen LogP contribution < -0.4 is 4.74 Å². The van der Waals surface area contributed by atoms with E-state index in [1.54, 1.807) is 17.2 Å². The summed E-state index contributed by atoms with van der Waals surface area (Å²) < 4.78 is 7.08. The van der Waals surface area contributed by atoms with Crippen LogP contribution in [0.2, 0.25) is 5.02 Å². The average molecular weight is 373 g/mol. The standard InChI is InChI=1S/C18H17ClN4OS/c1-2-24-16-9-7-14(8-10-16)11-21-23-13-20-22-18(23)25-12-15-5-3-4-6-17(15)19/h3-11,13H,2,12H2,1H3/b21-11+. The molecule has 0 aliphatic rings. The molecule has 3 aromatic rings. The van der Waals surface area contributed by atoms with Gasteiger partial charge in [-0.15, -0.1) is 10.2 Å². The highest BCUT2D eigenvalue weighted by molar-refractivity contribution is 7.98. The quantitative estimate of drug-likeness (QED) is 0.452. The van der Waals surface area contributed by atoms with E-state index in [0.29, 0.717) is 17.5 Å². The van der Waals surface area contributed by atoms with E-state index in [1.807, 2.05) is 55.5 Å². The van der Waals surface area contributed by atoms with E-state index in [-0.39, 0.29) is 0 Å². The van der Waals surface area contributed by atoms with Crippen LogP contribution in [-0.2, 0) is 5.75 Å². The van der Waals surface area contributed by atoms with Crippen molar-refractivity contribution in [2.45, 2.75) is 17.8 Å². The molecule has 0 aliphatic heterocycles. The number of rotatable bonds is 7. The Labute approximate surface area is 155 Å².